The van der Waals surface area contributed by atoms with Crippen LogP contribution in [0.4, 0.5) is 5.13 Å². The lowest BCUT2D eigenvalue weighted by Gasteiger charge is -2.22. The van der Waals surface area contributed by atoms with Gasteiger partial charge in [-0.3, -0.25) is 9.69 Å². The van der Waals surface area contributed by atoms with Crippen molar-refractivity contribution in [2.45, 2.75) is 16.7 Å². The first kappa shape index (κ1) is 21.2. The van der Waals surface area contributed by atoms with E-state index in [2.05, 4.69) is 30.2 Å². The molecule has 0 saturated carbocycles. The third-order valence-electron chi connectivity index (χ3n) is 4.25. The molecule has 0 aliphatic heterocycles. The smallest absolute Gasteiger partial charge is 0.260 e. The van der Waals surface area contributed by atoms with E-state index in [0.717, 1.165) is 32.5 Å². The average molecular weight is 432 g/mol. The maximum absolute atomic E-state index is 13.3. The summed E-state index contributed by atoms with van der Waals surface area (Å²) < 4.78 is 1.11. The molecule has 148 valence electrons. The fourth-order valence-electron chi connectivity index (χ4n) is 2.79. The normalized spacial score (nSPS) is 11.3. The molecule has 2 aromatic carbocycles. The summed E-state index contributed by atoms with van der Waals surface area (Å²) in [6.07, 6.45) is 2.05. The van der Waals surface area contributed by atoms with Crippen LogP contribution < -0.4 is 4.90 Å². The van der Waals surface area contributed by atoms with E-state index in [0.29, 0.717) is 12.1 Å². The van der Waals surface area contributed by atoms with Crippen molar-refractivity contribution < 1.29 is 4.79 Å². The van der Waals surface area contributed by atoms with Gasteiger partial charge in [-0.25, -0.2) is 4.98 Å². The van der Waals surface area contributed by atoms with Gasteiger partial charge in [0.25, 0.3) is 5.91 Å². The van der Waals surface area contributed by atoms with E-state index in [1.54, 1.807) is 34.9 Å². The second-order valence-corrected chi connectivity index (χ2v) is 9.72. The van der Waals surface area contributed by atoms with E-state index < -0.39 is 0 Å². The molecular weight excluding hydrogens is 406 g/mol. The Morgan fingerprint density at radius 1 is 1.11 bits per heavy atom. The summed E-state index contributed by atoms with van der Waals surface area (Å²) in [5.41, 5.74) is 1.68. The van der Waals surface area contributed by atoms with Crippen molar-refractivity contribution in [2.75, 3.05) is 44.1 Å². The molecule has 1 heterocycles. The summed E-state index contributed by atoms with van der Waals surface area (Å²) in [6.45, 7) is 3.51. The average Bonchev–Trinajstić information content (AvgIpc) is 3.12. The van der Waals surface area contributed by atoms with Gasteiger partial charge in [-0.05, 0) is 62.5 Å². The molecule has 0 saturated heterocycles. The number of fused-ring (bicyclic) bond motifs is 1. The predicted molar refractivity (Wildman–Crippen MR) is 124 cm³/mol. The number of rotatable bonds is 8. The highest BCUT2D eigenvalue weighted by molar-refractivity contribution is 7.99. The zero-order valence-corrected chi connectivity index (χ0v) is 19.1. The number of nitrogens with zero attached hydrogens (tertiary/aromatic N) is 3. The molecule has 0 atom stereocenters. The van der Waals surface area contributed by atoms with Crippen molar-refractivity contribution in [2.24, 2.45) is 0 Å². The monoisotopic (exact) mass is 431 g/mol. The highest BCUT2D eigenvalue weighted by Crippen LogP contribution is 2.34. The van der Waals surface area contributed by atoms with Crippen molar-refractivity contribution >= 4 is 56.1 Å². The number of carbonyl (C=O) groups excluding carboxylic acids is 1. The van der Waals surface area contributed by atoms with Crippen molar-refractivity contribution in [1.29, 1.82) is 0 Å². The molecule has 3 rings (SSSR count). The van der Waals surface area contributed by atoms with Crippen LogP contribution in [-0.2, 0) is 0 Å². The number of amides is 1. The van der Waals surface area contributed by atoms with Gasteiger partial charge in [0.05, 0.1) is 10.2 Å². The van der Waals surface area contributed by atoms with Crippen LogP contribution in [0.15, 0.2) is 52.3 Å². The van der Waals surface area contributed by atoms with Gasteiger partial charge in [0.15, 0.2) is 5.13 Å². The lowest BCUT2D eigenvalue weighted by molar-refractivity contribution is 0.0985. The summed E-state index contributed by atoms with van der Waals surface area (Å²) in [4.78, 5) is 24.4. The van der Waals surface area contributed by atoms with Gasteiger partial charge in [0, 0.05) is 28.4 Å². The summed E-state index contributed by atoms with van der Waals surface area (Å²) in [7, 11) is 4.03. The van der Waals surface area contributed by atoms with Gasteiger partial charge in [-0.15, -0.1) is 23.5 Å². The summed E-state index contributed by atoms with van der Waals surface area (Å²) >= 11 is 5.04. The number of hydrogen-bond donors (Lipinski definition) is 0. The van der Waals surface area contributed by atoms with Crippen LogP contribution in [0.1, 0.15) is 17.3 Å². The molecule has 4 nitrogen and oxygen atoms in total. The number of hydrogen-bond acceptors (Lipinski definition) is 6. The van der Waals surface area contributed by atoms with Crippen LogP contribution in [0.3, 0.4) is 0 Å². The number of benzene rings is 2. The molecule has 7 heteroatoms. The Morgan fingerprint density at radius 2 is 1.86 bits per heavy atom. The molecule has 0 bridgehead atoms. The third-order valence-corrected chi connectivity index (χ3v) is 6.96. The van der Waals surface area contributed by atoms with Crippen LogP contribution >= 0.6 is 34.9 Å². The van der Waals surface area contributed by atoms with E-state index in [4.69, 9.17) is 4.98 Å². The number of para-hydroxylation sites is 1. The van der Waals surface area contributed by atoms with E-state index in [9.17, 15) is 4.79 Å². The SMILES string of the molecule is CCSc1ccc(C(=O)N(CCN(C)C)c2nc3c(SC)cccc3s2)cc1. The van der Waals surface area contributed by atoms with Crippen molar-refractivity contribution in [3.8, 4) is 0 Å². The maximum atomic E-state index is 13.3. The fourth-order valence-corrected chi connectivity index (χ4v) is 5.10. The zero-order valence-electron chi connectivity index (χ0n) is 16.6. The predicted octanol–water partition coefficient (Wildman–Crippen LogP) is 5.34. The lowest BCUT2D eigenvalue weighted by Crippen LogP contribution is -2.36. The Hall–Kier alpha value is -1.54. The minimum absolute atomic E-state index is 0.000318. The van der Waals surface area contributed by atoms with Crippen LogP contribution in [0.5, 0.6) is 0 Å². The van der Waals surface area contributed by atoms with E-state index in [-0.39, 0.29) is 5.91 Å². The standard InChI is InChI=1S/C21H25N3OS3/c1-5-27-16-11-9-15(10-12-16)20(25)24(14-13-23(2)3)21-22-19-17(26-4)7-6-8-18(19)28-21/h6-12H,5,13-14H2,1-4H3. The van der Waals surface area contributed by atoms with Crippen LogP contribution in [0, 0.1) is 0 Å². The summed E-state index contributed by atoms with van der Waals surface area (Å²) in [5, 5.41) is 0.760. The van der Waals surface area contributed by atoms with Crippen LogP contribution in [0.25, 0.3) is 10.2 Å². The Morgan fingerprint density at radius 3 is 2.50 bits per heavy atom. The van der Waals surface area contributed by atoms with Gasteiger partial charge in [0.1, 0.15) is 0 Å². The van der Waals surface area contributed by atoms with Gasteiger partial charge in [-0.2, -0.15) is 0 Å². The molecule has 1 aromatic heterocycles. The van der Waals surface area contributed by atoms with Gasteiger partial charge in [0.2, 0.25) is 0 Å². The molecule has 0 aliphatic carbocycles. The first-order chi connectivity index (χ1) is 13.5. The van der Waals surface area contributed by atoms with Gasteiger partial charge < -0.3 is 4.90 Å². The number of thiazole rings is 1. The zero-order chi connectivity index (χ0) is 20.1. The Balaban J connectivity index is 1.95. The fraction of sp³-hybridized carbons (Fsp3) is 0.333. The second kappa shape index (κ2) is 9.78. The van der Waals surface area contributed by atoms with Gasteiger partial charge in [-0.1, -0.05) is 24.3 Å². The Labute approximate surface area is 179 Å². The molecule has 3 aromatic rings. The molecule has 0 radical (unpaired) electrons. The van der Waals surface area contributed by atoms with Crippen molar-refractivity contribution in [3.63, 3.8) is 0 Å². The molecule has 0 aliphatic rings. The quantitative estimate of drug-likeness (QED) is 0.450. The van der Waals surface area contributed by atoms with E-state index in [1.165, 1.54) is 4.90 Å². The molecular formula is C21H25N3OS3. The van der Waals surface area contributed by atoms with Crippen LogP contribution in [-0.4, -0.2) is 55.0 Å². The van der Waals surface area contributed by atoms with Crippen molar-refractivity contribution in [3.05, 3.63) is 48.0 Å². The molecule has 1 amide bonds. The highest BCUT2D eigenvalue weighted by Gasteiger charge is 2.22. The second-order valence-electron chi connectivity index (χ2n) is 6.52. The Bertz CT molecular complexity index is 938. The maximum Gasteiger partial charge on any atom is 0.260 e. The number of aromatic nitrogens is 1. The van der Waals surface area contributed by atoms with Crippen LogP contribution in [0.2, 0.25) is 0 Å². The number of likely N-dealkylation sites (N-methyl/N-ethyl adjacent to an activating group) is 1. The number of anilines is 1. The molecule has 28 heavy (non-hydrogen) atoms. The molecule has 0 N–H and O–H groups in total. The Kier molecular flexibility index (Phi) is 7.40. The topological polar surface area (TPSA) is 36.4 Å². The lowest BCUT2D eigenvalue weighted by atomic mass is 10.2. The first-order valence-corrected chi connectivity index (χ1v) is 12.2. The minimum atomic E-state index is -0.000318. The van der Waals surface area contributed by atoms with E-state index in [1.807, 2.05) is 49.3 Å². The van der Waals surface area contributed by atoms with Gasteiger partial charge >= 0.3 is 0 Å². The largest absolute Gasteiger partial charge is 0.308 e. The number of thioether (sulfide) groups is 2. The minimum Gasteiger partial charge on any atom is -0.308 e. The molecule has 0 fully saturated rings. The highest BCUT2D eigenvalue weighted by atomic mass is 32.2. The third kappa shape index (κ3) is 4.89. The molecule has 0 unspecified atom stereocenters. The van der Waals surface area contributed by atoms with Crippen molar-refractivity contribution in [1.82, 2.24) is 9.88 Å². The first-order valence-electron chi connectivity index (χ1n) is 9.16. The molecule has 0 spiro atoms. The van der Waals surface area contributed by atoms with E-state index >= 15 is 0 Å². The number of carbonyl (C=O) groups is 1. The summed E-state index contributed by atoms with van der Waals surface area (Å²) in [6, 6.07) is 14.1. The summed E-state index contributed by atoms with van der Waals surface area (Å²) in [5.74, 6) is 1.02.